The molecule has 1 aromatic rings. The lowest BCUT2D eigenvalue weighted by atomic mass is 10.0. The second kappa shape index (κ2) is 7.47. The molecule has 0 amide bonds. The molecule has 2 fully saturated rings. The zero-order chi connectivity index (χ0) is 16.2. The molecule has 0 radical (unpaired) electrons. The predicted octanol–water partition coefficient (Wildman–Crippen LogP) is 3.50. The van der Waals surface area contributed by atoms with E-state index in [0.29, 0.717) is 12.0 Å². The highest BCUT2D eigenvalue weighted by molar-refractivity contribution is 5.31. The van der Waals surface area contributed by atoms with Gasteiger partial charge in [0, 0.05) is 25.7 Å². The summed E-state index contributed by atoms with van der Waals surface area (Å²) in [6.07, 6.45) is 4.15. The quantitative estimate of drug-likeness (QED) is 0.834. The second-order valence-electron chi connectivity index (χ2n) is 7.65. The van der Waals surface area contributed by atoms with Crippen LogP contribution in [0.4, 0.5) is 0 Å². The lowest BCUT2D eigenvalue weighted by Gasteiger charge is -2.34. The van der Waals surface area contributed by atoms with Crippen molar-refractivity contribution in [3.8, 4) is 6.07 Å². The molecule has 0 N–H and O–H groups in total. The summed E-state index contributed by atoms with van der Waals surface area (Å²) in [6, 6.07) is 11.0. The molecule has 0 unspecified atom stereocenters. The van der Waals surface area contributed by atoms with Crippen molar-refractivity contribution >= 4 is 0 Å². The van der Waals surface area contributed by atoms with E-state index in [2.05, 4.69) is 41.8 Å². The molecule has 1 atom stereocenters. The molecular weight excluding hydrogens is 282 g/mol. The van der Waals surface area contributed by atoms with Gasteiger partial charge in [0.05, 0.1) is 11.6 Å². The number of rotatable bonds is 5. The average molecular weight is 311 g/mol. The first-order chi connectivity index (χ1) is 11.2. The molecule has 1 aliphatic carbocycles. The van der Waals surface area contributed by atoms with Gasteiger partial charge in [-0.15, -0.1) is 0 Å². The lowest BCUT2D eigenvalue weighted by molar-refractivity contribution is 0.132. The van der Waals surface area contributed by atoms with Gasteiger partial charge in [-0.25, -0.2) is 0 Å². The molecule has 1 saturated heterocycles. The van der Waals surface area contributed by atoms with E-state index >= 15 is 0 Å². The molecule has 1 aliphatic heterocycles. The van der Waals surface area contributed by atoms with Gasteiger partial charge in [0.25, 0.3) is 0 Å². The maximum Gasteiger partial charge on any atom is 0.0991 e. The Morgan fingerprint density at radius 3 is 2.52 bits per heavy atom. The Kier molecular flexibility index (Phi) is 5.35. The van der Waals surface area contributed by atoms with Crippen molar-refractivity contribution in [3.63, 3.8) is 0 Å². The molecule has 3 rings (SSSR count). The fourth-order valence-corrected chi connectivity index (χ4v) is 3.71. The molecule has 2 aliphatic rings. The van der Waals surface area contributed by atoms with Gasteiger partial charge in [0.2, 0.25) is 0 Å². The summed E-state index contributed by atoms with van der Waals surface area (Å²) < 4.78 is 0. The smallest absolute Gasteiger partial charge is 0.0991 e. The van der Waals surface area contributed by atoms with Crippen LogP contribution in [0.15, 0.2) is 24.3 Å². The predicted molar refractivity (Wildman–Crippen MR) is 94.0 cm³/mol. The minimum atomic E-state index is 0.677. The van der Waals surface area contributed by atoms with Crippen molar-refractivity contribution in [2.24, 2.45) is 11.8 Å². The Balaban J connectivity index is 1.64. The van der Waals surface area contributed by atoms with Crippen molar-refractivity contribution < 1.29 is 0 Å². The van der Waals surface area contributed by atoms with E-state index in [0.717, 1.165) is 18.0 Å². The van der Waals surface area contributed by atoms with E-state index < -0.39 is 0 Å². The number of nitriles is 1. The van der Waals surface area contributed by atoms with E-state index in [-0.39, 0.29) is 0 Å². The summed E-state index contributed by atoms with van der Waals surface area (Å²) in [5.41, 5.74) is 2.07. The molecule has 124 valence electrons. The van der Waals surface area contributed by atoms with Crippen molar-refractivity contribution in [1.82, 2.24) is 9.80 Å². The highest BCUT2D eigenvalue weighted by Gasteiger charge is 2.31. The third-order valence-electron chi connectivity index (χ3n) is 5.28. The van der Waals surface area contributed by atoms with Crippen LogP contribution in [0.2, 0.25) is 0 Å². The summed E-state index contributed by atoms with van der Waals surface area (Å²) >= 11 is 0. The zero-order valence-corrected chi connectivity index (χ0v) is 14.5. The summed E-state index contributed by atoms with van der Waals surface area (Å²) in [4.78, 5) is 5.38. The van der Waals surface area contributed by atoms with E-state index in [9.17, 15) is 0 Å². The first kappa shape index (κ1) is 16.5. The van der Waals surface area contributed by atoms with Gasteiger partial charge in [-0.1, -0.05) is 26.0 Å². The summed E-state index contributed by atoms with van der Waals surface area (Å²) in [6.45, 7) is 10.7. The normalized spacial score (nSPS) is 23.7. The third kappa shape index (κ3) is 4.56. The van der Waals surface area contributed by atoms with Crippen LogP contribution in [-0.4, -0.2) is 42.0 Å². The zero-order valence-electron chi connectivity index (χ0n) is 14.5. The van der Waals surface area contributed by atoms with Crippen molar-refractivity contribution in [2.45, 2.75) is 45.7 Å². The maximum atomic E-state index is 8.92. The average Bonchev–Trinajstić information content (AvgIpc) is 3.37. The Morgan fingerprint density at radius 1 is 1.17 bits per heavy atom. The van der Waals surface area contributed by atoms with Crippen LogP contribution < -0.4 is 0 Å². The summed E-state index contributed by atoms with van der Waals surface area (Å²) in [5.74, 6) is 1.68. The van der Waals surface area contributed by atoms with Crippen LogP contribution in [0.1, 0.15) is 44.2 Å². The minimum Gasteiger partial charge on any atom is -0.299 e. The Bertz CT molecular complexity index is 539. The van der Waals surface area contributed by atoms with E-state index in [1.165, 1.54) is 51.0 Å². The molecule has 0 bridgehead atoms. The molecule has 23 heavy (non-hydrogen) atoms. The van der Waals surface area contributed by atoms with Crippen LogP contribution in [0.5, 0.6) is 0 Å². The first-order valence-electron chi connectivity index (χ1n) is 9.11. The number of nitrogens with zero attached hydrogens (tertiary/aromatic N) is 3. The SMILES string of the molecule is CC(C)[C@@H]1CN(Cc2ccc(C#N)cc2)CCCN1CC1CC1. The largest absolute Gasteiger partial charge is 0.299 e. The number of hydrogen-bond donors (Lipinski definition) is 0. The molecule has 3 nitrogen and oxygen atoms in total. The topological polar surface area (TPSA) is 30.3 Å². The van der Waals surface area contributed by atoms with Crippen LogP contribution >= 0.6 is 0 Å². The second-order valence-corrected chi connectivity index (χ2v) is 7.65. The van der Waals surface area contributed by atoms with Gasteiger partial charge in [0.15, 0.2) is 0 Å². The van der Waals surface area contributed by atoms with Gasteiger partial charge < -0.3 is 0 Å². The van der Waals surface area contributed by atoms with Gasteiger partial charge in [-0.3, -0.25) is 9.80 Å². The monoisotopic (exact) mass is 311 g/mol. The summed E-state index contributed by atoms with van der Waals surface area (Å²) in [7, 11) is 0. The Hall–Kier alpha value is -1.37. The maximum absolute atomic E-state index is 8.92. The molecule has 3 heteroatoms. The van der Waals surface area contributed by atoms with Gasteiger partial charge in [-0.05, 0) is 61.9 Å². The number of hydrogen-bond acceptors (Lipinski definition) is 3. The van der Waals surface area contributed by atoms with Crippen LogP contribution in [0.3, 0.4) is 0 Å². The minimum absolute atomic E-state index is 0.677. The van der Waals surface area contributed by atoms with Crippen molar-refractivity contribution in [2.75, 3.05) is 26.2 Å². The highest BCUT2D eigenvalue weighted by atomic mass is 15.2. The number of benzene rings is 1. The van der Waals surface area contributed by atoms with Crippen molar-refractivity contribution in [1.29, 1.82) is 5.26 Å². The Morgan fingerprint density at radius 2 is 1.91 bits per heavy atom. The molecular formula is C20H29N3. The van der Waals surface area contributed by atoms with Crippen LogP contribution in [0.25, 0.3) is 0 Å². The van der Waals surface area contributed by atoms with E-state index in [1.807, 2.05) is 12.1 Å². The Labute approximate surface area is 140 Å². The van der Waals surface area contributed by atoms with Gasteiger partial charge in [0.1, 0.15) is 0 Å². The van der Waals surface area contributed by atoms with Gasteiger partial charge >= 0.3 is 0 Å². The van der Waals surface area contributed by atoms with Crippen molar-refractivity contribution in [3.05, 3.63) is 35.4 Å². The third-order valence-corrected chi connectivity index (χ3v) is 5.28. The molecule has 0 aromatic heterocycles. The van der Waals surface area contributed by atoms with Crippen LogP contribution in [0, 0.1) is 23.2 Å². The molecule has 1 aromatic carbocycles. The molecule has 0 spiro atoms. The van der Waals surface area contributed by atoms with Gasteiger partial charge in [-0.2, -0.15) is 5.26 Å². The van der Waals surface area contributed by atoms with Crippen LogP contribution in [-0.2, 0) is 6.54 Å². The van der Waals surface area contributed by atoms with E-state index in [1.54, 1.807) is 0 Å². The fraction of sp³-hybridized carbons (Fsp3) is 0.650. The molecule has 1 heterocycles. The highest BCUT2D eigenvalue weighted by Crippen LogP contribution is 2.32. The molecule has 1 saturated carbocycles. The lowest BCUT2D eigenvalue weighted by Crippen LogP contribution is -2.45. The van der Waals surface area contributed by atoms with E-state index in [4.69, 9.17) is 5.26 Å². The first-order valence-corrected chi connectivity index (χ1v) is 9.11. The standard InChI is InChI=1S/C20H29N3/c1-16(2)20-15-22(10-3-11-23(20)14-19-8-9-19)13-18-6-4-17(12-21)5-7-18/h4-7,16,19-20H,3,8-11,13-15H2,1-2H3/t20-/m0/s1. The summed E-state index contributed by atoms with van der Waals surface area (Å²) in [5, 5.41) is 8.92. The fourth-order valence-electron chi connectivity index (χ4n) is 3.71.